The Balaban J connectivity index is 2.40. The highest BCUT2D eigenvalue weighted by molar-refractivity contribution is 5.78. The van der Waals surface area contributed by atoms with E-state index in [1.54, 1.807) is 19.1 Å². The van der Waals surface area contributed by atoms with Gasteiger partial charge >= 0.3 is 0 Å². The molecule has 4 nitrogen and oxygen atoms in total. The number of benzene rings is 1. The third-order valence-electron chi connectivity index (χ3n) is 2.80. The minimum absolute atomic E-state index is 0.0869. The summed E-state index contributed by atoms with van der Waals surface area (Å²) in [6.45, 7) is 4.03. The lowest BCUT2D eigenvalue weighted by Gasteiger charge is -2.22. The van der Waals surface area contributed by atoms with E-state index in [0.29, 0.717) is 18.5 Å². The Bertz CT molecular complexity index is 385. The van der Waals surface area contributed by atoms with Gasteiger partial charge in [-0.2, -0.15) is 0 Å². The Kier molecular flexibility index (Phi) is 5.16. The lowest BCUT2D eigenvalue weighted by Crippen LogP contribution is -2.41. The average molecular weight is 250 g/mol. The van der Waals surface area contributed by atoms with E-state index in [1.807, 2.05) is 19.1 Å². The topological polar surface area (TPSA) is 75.3 Å². The predicted molar refractivity (Wildman–Crippen MR) is 73.1 cm³/mol. The molecule has 0 bridgehead atoms. The lowest BCUT2D eigenvalue weighted by molar-refractivity contribution is -0.121. The molecule has 1 unspecified atom stereocenters. The summed E-state index contributed by atoms with van der Waals surface area (Å²) < 4.78 is 0. The first-order valence-electron chi connectivity index (χ1n) is 6.26. The zero-order valence-electron chi connectivity index (χ0n) is 11.1. The van der Waals surface area contributed by atoms with Crippen LogP contribution in [0, 0.1) is 0 Å². The van der Waals surface area contributed by atoms with Crippen LogP contribution in [0.25, 0.3) is 0 Å². The molecule has 0 saturated heterocycles. The van der Waals surface area contributed by atoms with Crippen molar-refractivity contribution in [3.05, 3.63) is 29.8 Å². The Morgan fingerprint density at radius 3 is 2.56 bits per heavy atom. The fourth-order valence-electron chi connectivity index (χ4n) is 1.80. The maximum Gasteiger partial charge on any atom is 0.224 e. The molecule has 1 amide bonds. The van der Waals surface area contributed by atoms with Crippen LogP contribution in [0.2, 0.25) is 0 Å². The molecule has 4 heteroatoms. The van der Waals surface area contributed by atoms with Crippen LogP contribution in [-0.2, 0) is 11.2 Å². The standard InChI is InChI=1S/C14H22N2O2/c1-3-8-14(2,18)10-16-13(17)9-11-4-6-12(15)7-5-11/h4-7,18H,3,8-10,15H2,1-2H3,(H,16,17). The zero-order valence-corrected chi connectivity index (χ0v) is 11.1. The van der Waals surface area contributed by atoms with Crippen molar-refractivity contribution in [3.8, 4) is 0 Å². The van der Waals surface area contributed by atoms with Crippen molar-refractivity contribution in [2.75, 3.05) is 12.3 Å². The van der Waals surface area contributed by atoms with Gasteiger partial charge in [-0.15, -0.1) is 0 Å². The summed E-state index contributed by atoms with van der Waals surface area (Å²) in [5.41, 5.74) is 6.34. The molecule has 0 saturated carbocycles. The molecule has 1 aromatic rings. The van der Waals surface area contributed by atoms with E-state index in [4.69, 9.17) is 5.73 Å². The van der Waals surface area contributed by atoms with Crippen LogP contribution in [0.4, 0.5) is 5.69 Å². The number of carbonyl (C=O) groups is 1. The quantitative estimate of drug-likeness (QED) is 0.669. The second-order valence-electron chi connectivity index (χ2n) is 4.94. The van der Waals surface area contributed by atoms with Crippen LogP contribution < -0.4 is 11.1 Å². The van der Waals surface area contributed by atoms with Crippen LogP contribution in [0.15, 0.2) is 24.3 Å². The maximum atomic E-state index is 11.7. The van der Waals surface area contributed by atoms with Gasteiger partial charge in [0.2, 0.25) is 5.91 Å². The highest BCUT2D eigenvalue weighted by Crippen LogP contribution is 2.10. The lowest BCUT2D eigenvalue weighted by atomic mass is 10.0. The van der Waals surface area contributed by atoms with Crippen molar-refractivity contribution in [1.29, 1.82) is 0 Å². The monoisotopic (exact) mass is 250 g/mol. The van der Waals surface area contributed by atoms with Crippen molar-refractivity contribution in [3.63, 3.8) is 0 Å². The average Bonchev–Trinajstić information content (AvgIpc) is 2.30. The molecule has 0 aliphatic rings. The van der Waals surface area contributed by atoms with Gasteiger partial charge in [-0.3, -0.25) is 4.79 Å². The molecule has 1 aromatic carbocycles. The zero-order chi connectivity index (χ0) is 13.6. The van der Waals surface area contributed by atoms with Crippen LogP contribution in [0.1, 0.15) is 32.3 Å². The summed E-state index contributed by atoms with van der Waals surface area (Å²) in [7, 11) is 0. The summed E-state index contributed by atoms with van der Waals surface area (Å²) in [6, 6.07) is 7.21. The van der Waals surface area contributed by atoms with Gasteiger partial charge in [-0.25, -0.2) is 0 Å². The summed E-state index contributed by atoms with van der Waals surface area (Å²) in [5, 5.41) is 12.7. The highest BCUT2D eigenvalue weighted by Gasteiger charge is 2.19. The largest absolute Gasteiger partial charge is 0.399 e. The summed E-state index contributed by atoms with van der Waals surface area (Å²) in [5.74, 6) is -0.0869. The van der Waals surface area contributed by atoms with Crippen LogP contribution in [0.5, 0.6) is 0 Å². The van der Waals surface area contributed by atoms with Crippen molar-refractivity contribution in [2.24, 2.45) is 0 Å². The molecular weight excluding hydrogens is 228 g/mol. The molecule has 0 heterocycles. The Labute approximate surface area is 108 Å². The van der Waals surface area contributed by atoms with Crippen LogP contribution >= 0.6 is 0 Å². The minimum Gasteiger partial charge on any atom is -0.399 e. The number of carbonyl (C=O) groups excluding carboxylic acids is 1. The van der Waals surface area contributed by atoms with Crippen molar-refractivity contribution in [1.82, 2.24) is 5.32 Å². The van der Waals surface area contributed by atoms with Crippen molar-refractivity contribution in [2.45, 2.75) is 38.7 Å². The molecule has 100 valence electrons. The van der Waals surface area contributed by atoms with Gasteiger partial charge in [0.25, 0.3) is 0 Å². The molecule has 0 aromatic heterocycles. The molecule has 0 fully saturated rings. The van der Waals surface area contributed by atoms with Gasteiger partial charge in [0.1, 0.15) is 0 Å². The second-order valence-corrected chi connectivity index (χ2v) is 4.94. The molecule has 4 N–H and O–H groups in total. The number of hydrogen-bond donors (Lipinski definition) is 3. The normalized spacial score (nSPS) is 13.9. The summed E-state index contributed by atoms with van der Waals surface area (Å²) in [6.07, 6.45) is 1.87. The highest BCUT2D eigenvalue weighted by atomic mass is 16.3. The number of nitrogens with two attached hydrogens (primary N) is 1. The van der Waals surface area contributed by atoms with Crippen molar-refractivity contribution >= 4 is 11.6 Å². The van der Waals surface area contributed by atoms with Gasteiger partial charge in [0.15, 0.2) is 0 Å². The molecule has 0 radical (unpaired) electrons. The number of aliphatic hydroxyl groups is 1. The molecule has 1 rings (SSSR count). The third-order valence-corrected chi connectivity index (χ3v) is 2.80. The predicted octanol–water partition coefficient (Wildman–Crippen LogP) is 1.48. The Hall–Kier alpha value is -1.55. The van der Waals surface area contributed by atoms with Gasteiger partial charge in [0, 0.05) is 12.2 Å². The number of anilines is 1. The number of hydrogen-bond acceptors (Lipinski definition) is 3. The van der Waals surface area contributed by atoms with E-state index in [-0.39, 0.29) is 12.5 Å². The van der Waals surface area contributed by atoms with Crippen LogP contribution in [0.3, 0.4) is 0 Å². The van der Waals surface area contributed by atoms with Gasteiger partial charge < -0.3 is 16.2 Å². The molecule has 0 aliphatic heterocycles. The minimum atomic E-state index is -0.828. The second kappa shape index (κ2) is 6.40. The number of rotatable bonds is 6. The SMILES string of the molecule is CCCC(C)(O)CNC(=O)Cc1ccc(N)cc1. The Morgan fingerprint density at radius 2 is 2.00 bits per heavy atom. The fraction of sp³-hybridized carbons (Fsp3) is 0.500. The van der Waals surface area contributed by atoms with E-state index in [0.717, 1.165) is 12.0 Å². The third kappa shape index (κ3) is 5.19. The smallest absolute Gasteiger partial charge is 0.224 e. The molecular formula is C14H22N2O2. The molecule has 1 atom stereocenters. The summed E-state index contributed by atoms with van der Waals surface area (Å²) in [4.78, 5) is 11.7. The van der Waals surface area contributed by atoms with E-state index < -0.39 is 5.60 Å². The number of nitrogens with one attached hydrogen (secondary N) is 1. The van der Waals surface area contributed by atoms with Crippen LogP contribution in [-0.4, -0.2) is 23.2 Å². The molecule has 0 aliphatic carbocycles. The first-order valence-corrected chi connectivity index (χ1v) is 6.26. The molecule has 18 heavy (non-hydrogen) atoms. The summed E-state index contributed by atoms with van der Waals surface area (Å²) >= 11 is 0. The maximum absolute atomic E-state index is 11.7. The van der Waals surface area contributed by atoms with Crippen molar-refractivity contribution < 1.29 is 9.90 Å². The van der Waals surface area contributed by atoms with E-state index in [2.05, 4.69) is 5.32 Å². The van der Waals surface area contributed by atoms with Gasteiger partial charge in [-0.05, 0) is 31.0 Å². The Morgan fingerprint density at radius 1 is 1.39 bits per heavy atom. The van der Waals surface area contributed by atoms with E-state index in [1.165, 1.54) is 0 Å². The number of amides is 1. The van der Waals surface area contributed by atoms with E-state index in [9.17, 15) is 9.90 Å². The number of nitrogen functional groups attached to an aromatic ring is 1. The first-order chi connectivity index (χ1) is 8.43. The molecule has 0 spiro atoms. The first kappa shape index (κ1) is 14.5. The van der Waals surface area contributed by atoms with Gasteiger partial charge in [-0.1, -0.05) is 25.5 Å². The van der Waals surface area contributed by atoms with Gasteiger partial charge in [0.05, 0.1) is 12.0 Å². The fourth-order valence-corrected chi connectivity index (χ4v) is 1.80. The van der Waals surface area contributed by atoms with E-state index >= 15 is 0 Å².